The van der Waals surface area contributed by atoms with Crippen LogP contribution < -0.4 is 0 Å². The van der Waals surface area contributed by atoms with Gasteiger partial charge in [-0.15, -0.1) is 0 Å². The highest BCUT2D eigenvalue weighted by atomic mass is 16.5. The molecule has 0 aliphatic heterocycles. The second-order valence-electron chi connectivity index (χ2n) is 5.39. The van der Waals surface area contributed by atoms with Crippen LogP contribution in [0.5, 0.6) is 0 Å². The molecule has 0 aliphatic carbocycles. The summed E-state index contributed by atoms with van der Waals surface area (Å²) < 4.78 is 10.8. The molecule has 0 bridgehead atoms. The van der Waals surface area contributed by atoms with Crippen molar-refractivity contribution in [2.24, 2.45) is 0 Å². The number of esters is 1. The van der Waals surface area contributed by atoms with Crippen molar-refractivity contribution in [3.63, 3.8) is 0 Å². The lowest BCUT2D eigenvalue weighted by atomic mass is 10.2. The highest BCUT2D eigenvalue weighted by Gasteiger charge is 2.15. The van der Waals surface area contributed by atoms with Crippen molar-refractivity contribution >= 4 is 5.97 Å². The van der Waals surface area contributed by atoms with Crippen LogP contribution in [0.25, 0.3) is 0 Å². The van der Waals surface area contributed by atoms with Crippen molar-refractivity contribution in [3.8, 4) is 0 Å². The van der Waals surface area contributed by atoms with Gasteiger partial charge in [-0.1, -0.05) is 30.3 Å². The van der Waals surface area contributed by atoms with E-state index in [0.29, 0.717) is 19.7 Å². The van der Waals surface area contributed by atoms with Crippen molar-refractivity contribution in [2.75, 3.05) is 13.2 Å². The molecule has 0 fully saturated rings. The number of hydrogen-bond acceptors (Lipinski definition) is 4. The van der Waals surface area contributed by atoms with E-state index in [1.165, 1.54) is 0 Å². The molecule has 2 rings (SSSR count). The SMILES string of the molecule is CCOC(=O)CN(Cc1ccccc1)Cc1cc(C)c(C)o1. The van der Waals surface area contributed by atoms with E-state index < -0.39 is 0 Å². The van der Waals surface area contributed by atoms with Crippen LogP contribution in [0.1, 0.15) is 29.6 Å². The average molecular weight is 301 g/mol. The van der Waals surface area contributed by atoms with Gasteiger partial charge < -0.3 is 9.15 Å². The van der Waals surface area contributed by atoms with Gasteiger partial charge >= 0.3 is 5.97 Å². The first-order valence-electron chi connectivity index (χ1n) is 7.56. The predicted octanol–water partition coefficient (Wildman–Crippen LogP) is 3.46. The summed E-state index contributed by atoms with van der Waals surface area (Å²) in [5, 5.41) is 0. The summed E-state index contributed by atoms with van der Waals surface area (Å²) in [7, 11) is 0. The second kappa shape index (κ2) is 7.80. The molecule has 2 aromatic rings. The number of hydrogen-bond donors (Lipinski definition) is 0. The Morgan fingerprint density at radius 2 is 1.91 bits per heavy atom. The molecule has 4 heteroatoms. The molecule has 0 amide bonds. The molecule has 1 heterocycles. The van der Waals surface area contributed by atoms with Crippen molar-refractivity contribution < 1.29 is 13.9 Å². The minimum absolute atomic E-state index is 0.210. The van der Waals surface area contributed by atoms with Gasteiger partial charge in [0.15, 0.2) is 0 Å². The number of benzene rings is 1. The summed E-state index contributed by atoms with van der Waals surface area (Å²) in [6.07, 6.45) is 0. The number of nitrogens with zero attached hydrogens (tertiary/aromatic N) is 1. The molecule has 0 radical (unpaired) electrons. The van der Waals surface area contributed by atoms with Crippen LogP contribution in [0.15, 0.2) is 40.8 Å². The maximum absolute atomic E-state index is 11.8. The van der Waals surface area contributed by atoms with Crippen LogP contribution in [-0.4, -0.2) is 24.0 Å². The topological polar surface area (TPSA) is 42.7 Å². The molecule has 0 atom stereocenters. The molecule has 0 unspecified atom stereocenters. The van der Waals surface area contributed by atoms with Gasteiger partial charge in [0, 0.05) is 6.54 Å². The third-order valence-corrected chi connectivity index (χ3v) is 3.50. The summed E-state index contributed by atoms with van der Waals surface area (Å²) >= 11 is 0. The van der Waals surface area contributed by atoms with Crippen molar-refractivity contribution in [3.05, 3.63) is 59.0 Å². The number of rotatable bonds is 7. The van der Waals surface area contributed by atoms with Crippen LogP contribution in [0.2, 0.25) is 0 Å². The Balaban J connectivity index is 2.08. The highest BCUT2D eigenvalue weighted by molar-refractivity contribution is 5.71. The molecule has 0 saturated heterocycles. The lowest BCUT2D eigenvalue weighted by molar-refractivity contribution is -0.144. The van der Waals surface area contributed by atoms with E-state index >= 15 is 0 Å². The minimum atomic E-state index is -0.210. The van der Waals surface area contributed by atoms with Crippen molar-refractivity contribution in [1.29, 1.82) is 0 Å². The average Bonchev–Trinajstić information content (AvgIpc) is 2.78. The third-order valence-electron chi connectivity index (χ3n) is 3.50. The van der Waals surface area contributed by atoms with E-state index in [2.05, 4.69) is 12.1 Å². The predicted molar refractivity (Wildman–Crippen MR) is 85.4 cm³/mol. The number of carbonyl (C=O) groups is 1. The fourth-order valence-electron chi connectivity index (χ4n) is 2.35. The van der Waals surface area contributed by atoms with E-state index in [-0.39, 0.29) is 12.5 Å². The molecule has 4 nitrogen and oxygen atoms in total. The maximum Gasteiger partial charge on any atom is 0.320 e. The third kappa shape index (κ3) is 4.74. The first kappa shape index (κ1) is 16.3. The van der Waals surface area contributed by atoms with Gasteiger partial charge in [0.2, 0.25) is 0 Å². The Hall–Kier alpha value is -2.07. The quantitative estimate of drug-likeness (QED) is 0.735. The summed E-state index contributed by atoms with van der Waals surface area (Å²) in [5.41, 5.74) is 2.29. The van der Waals surface area contributed by atoms with E-state index in [1.807, 2.05) is 49.9 Å². The molecule has 1 aromatic heterocycles. The zero-order valence-corrected chi connectivity index (χ0v) is 13.5. The van der Waals surface area contributed by atoms with E-state index in [4.69, 9.17) is 9.15 Å². The zero-order chi connectivity index (χ0) is 15.9. The number of ether oxygens (including phenoxy) is 1. The molecule has 0 aliphatic rings. The standard InChI is InChI=1S/C18H23NO3/c1-4-21-18(20)13-19(11-16-8-6-5-7-9-16)12-17-10-14(2)15(3)22-17/h5-10H,4,11-13H2,1-3H3. The monoisotopic (exact) mass is 301 g/mol. The summed E-state index contributed by atoms with van der Waals surface area (Å²) in [5.74, 6) is 1.58. The van der Waals surface area contributed by atoms with Gasteiger partial charge in [0.25, 0.3) is 0 Å². The van der Waals surface area contributed by atoms with Crippen LogP contribution in [0.3, 0.4) is 0 Å². The van der Waals surface area contributed by atoms with Crippen LogP contribution in [0, 0.1) is 13.8 Å². The van der Waals surface area contributed by atoms with Crippen molar-refractivity contribution in [1.82, 2.24) is 4.90 Å². The van der Waals surface area contributed by atoms with E-state index in [0.717, 1.165) is 22.6 Å². The zero-order valence-electron chi connectivity index (χ0n) is 13.5. The van der Waals surface area contributed by atoms with E-state index in [1.54, 1.807) is 0 Å². The van der Waals surface area contributed by atoms with Gasteiger partial charge in [-0.3, -0.25) is 9.69 Å². The molecule has 22 heavy (non-hydrogen) atoms. The molecule has 0 spiro atoms. The smallest absolute Gasteiger partial charge is 0.320 e. The lowest BCUT2D eigenvalue weighted by Crippen LogP contribution is -2.30. The van der Waals surface area contributed by atoms with Crippen LogP contribution in [-0.2, 0) is 22.6 Å². The Kier molecular flexibility index (Phi) is 5.78. The number of furan rings is 1. The van der Waals surface area contributed by atoms with Crippen molar-refractivity contribution in [2.45, 2.75) is 33.9 Å². The number of aryl methyl sites for hydroxylation is 2. The Labute approximate surface area is 131 Å². The normalized spacial score (nSPS) is 10.9. The van der Waals surface area contributed by atoms with Gasteiger partial charge in [-0.25, -0.2) is 0 Å². The highest BCUT2D eigenvalue weighted by Crippen LogP contribution is 2.16. The lowest BCUT2D eigenvalue weighted by Gasteiger charge is -2.20. The molecule has 0 saturated carbocycles. The molecular formula is C18H23NO3. The fraction of sp³-hybridized carbons (Fsp3) is 0.389. The van der Waals surface area contributed by atoms with Gasteiger partial charge in [-0.2, -0.15) is 0 Å². The largest absolute Gasteiger partial charge is 0.465 e. The van der Waals surface area contributed by atoms with Crippen LogP contribution in [0.4, 0.5) is 0 Å². The Bertz CT molecular complexity index is 585. The molecule has 1 aromatic carbocycles. The first-order chi connectivity index (χ1) is 10.6. The molecular weight excluding hydrogens is 278 g/mol. The minimum Gasteiger partial charge on any atom is -0.465 e. The summed E-state index contributed by atoms with van der Waals surface area (Å²) in [6, 6.07) is 12.1. The number of carbonyl (C=O) groups excluding carboxylic acids is 1. The molecule has 0 N–H and O–H groups in total. The summed E-state index contributed by atoms with van der Waals surface area (Å²) in [6.45, 7) is 7.71. The maximum atomic E-state index is 11.8. The second-order valence-corrected chi connectivity index (χ2v) is 5.39. The Morgan fingerprint density at radius 1 is 1.18 bits per heavy atom. The fourth-order valence-corrected chi connectivity index (χ4v) is 2.35. The van der Waals surface area contributed by atoms with E-state index in [9.17, 15) is 4.79 Å². The molecule has 118 valence electrons. The van der Waals surface area contributed by atoms with Gasteiger partial charge in [0.1, 0.15) is 11.5 Å². The summed E-state index contributed by atoms with van der Waals surface area (Å²) in [4.78, 5) is 13.8. The van der Waals surface area contributed by atoms with Gasteiger partial charge in [-0.05, 0) is 38.0 Å². The Morgan fingerprint density at radius 3 is 2.50 bits per heavy atom. The first-order valence-corrected chi connectivity index (χ1v) is 7.56. The van der Waals surface area contributed by atoms with Crippen LogP contribution >= 0.6 is 0 Å². The van der Waals surface area contributed by atoms with Gasteiger partial charge in [0.05, 0.1) is 19.7 Å².